The summed E-state index contributed by atoms with van der Waals surface area (Å²) in [5, 5.41) is 14.0. The van der Waals surface area contributed by atoms with Crippen LogP contribution in [-0.2, 0) is 11.3 Å². The number of aryl methyl sites for hydroxylation is 1. The van der Waals surface area contributed by atoms with Crippen LogP contribution in [0.3, 0.4) is 0 Å². The molecule has 1 aromatic rings. The Bertz CT molecular complexity index is 610. The molecule has 1 amide bonds. The number of nitrogens with zero attached hydrogens (tertiary/aromatic N) is 3. The first kappa shape index (κ1) is 16.3. The first-order chi connectivity index (χ1) is 11.0. The lowest BCUT2D eigenvalue weighted by molar-refractivity contribution is -0.143. The first-order valence-electron chi connectivity index (χ1n) is 8.26. The van der Waals surface area contributed by atoms with Crippen molar-refractivity contribution in [1.29, 1.82) is 0 Å². The summed E-state index contributed by atoms with van der Waals surface area (Å²) in [6, 6.07) is 0. The lowest BCUT2D eigenvalue weighted by Gasteiger charge is -2.21. The molecule has 0 spiro atoms. The zero-order valence-corrected chi connectivity index (χ0v) is 14.0. The second-order valence-corrected chi connectivity index (χ2v) is 6.93. The fourth-order valence-electron chi connectivity index (χ4n) is 4.08. The predicted octanol–water partition coefficient (Wildman–Crippen LogP) is 2.52. The molecule has 0 radical (unpaired) electrons. The normalized spacial score (nSPS) is 25.2. The largest absolute Gasteiger partial charge is 0.481 e. The van der Waals surface area contributed by atoms with Gasteiger partial charge in [0, 0.05) is 19.6 Å². The molecule has 2 heterocycles. The van der Waals surface area contributed by atoms with Crippen molar-refractivity contribution in [3.05, 3.63) is 16.9 Å². The highest BCUT2D eigenvalue weighted by molar-refractivity contribution is 6.33. The number of amides is 1. The third kappa shape index (κ3) is 2.96. The second-order valence-electron chi connectivity index (χ2n) is 6.52. The monoisotopic (exact) mass is 339 g/mol. The number of aliphatic carboxylic acids is 1. The second kappa shape index (κ2) is 6.51. The van der Waals surface area contributed by atoms with Crippen molar-refractivity contribution in [2.24, 2.45) is 17.8 Å². The molecular formula is C16H22ClN3O3. The number of aromatic nitrogens is 2. The van der Waals surface area contributed by atoms with Crippen LogP contribution in [0.25, 0.3) is 0 Å². The molecule has 1 aliphatic heterocycles. The molecule has 6 nitrogen and oxygen atoms in total. The van der Waals surface area contributed by atoms with Gasteiger partial charge in [-0.1, -0.05) is 37.3 Å². The molecular weight excluding hydrogens is 318 g/mol. The highest BCUT2D eigenvalue weighted by Crippen LogP contribution is 2.40. The van der Waals surface area contributed by atoms with Crippen LogP contribution < -0.4 is 0 Å². The summed E-state index contributed by atoms with van der Waals surface area (Å²) in [5.41, 5.74) is 0.366. The van der Waals surface area contributed by atoms with Crippen LogP contribution in [0.1, 0.15) is 43.1 Å². The highest BCUT2D eigenvalue weighted by atomic mass is 35.5. The van der Waals surface area contributed by atoms with Crippen molar-refractivity contribution in [1.82, 2.24) is 14.7 Å². The van der Waals surface area contributed by atoms with E-state index in [2.05, 4.69) is 5.10 Å². The van der Waals surface area contributed by atoms with E-state index in [9.17, 15) is 14.7 Å². The molecule has 7 heteroatoms. The lowest BCUT2D eigenvalue weighted by atomic mass is 9.83. The van der Waals surface area contributed by atoms with E-state index in [1.54, 1.807) is 9.58 Å². The maximum atomic E-state index is 12.8. The van der Waals surface area contributed by atoms with Crippen LogP contribution in [0.4, 0.5) is 0 Å². The molecule has 0 bridgehead atoms. The van der Waals surface area contributed by atoms with Gasteiger partial charge in [0.15, 0.2) is 0 Å². The van der Waals surface area contributed by atoms with Gasteiger partial charge < -0.3 is 10.0 Å². The summed E-state index contributed by atoms with van der Waals surface area (Å²) in [4.78, 5) is 26.1. The standard InChI is InChI=1S/C16H22ClN3O3/c1-2-20-14(13(17)7-18-20)15(21)19-8-11(10-5-3-4-6-10)12(9-19)16(22)23/h7,10-12H,2-6,8-9H2,1H3,(H,22,23)/t11-,12+/m0/s1. The number of halogens is 1. The number of carbonyl (C=O) groups excluding carboxylic acids is 1. The Labute approximate surface area is 140 Å². The quantitative estimate of drug-likeness (QED) is 0.914. The van der Waals surface area contributed by atoms with Gasteiger partial charge in [0.2, 0.25) is 0 Å². The molecule has 1 aliphatic carbocycles. The SMILES string of the molecule is CCn1ncc(Cl)c1C(=O)N1C[C@@H](C(=O)O)[C@H](C2CCCC2)C1. The Kier molecular flexibility index (Phi) is 4.62. The molecule has 1 N–H and O–H groups in total. The van der Waals surface area contributed by atoms with Gasteiger partial charge in [-0.05, 0) is 18.8 Å². The van der Waals surface area contributed by atoms with Crippen LogP contribution in [0, 0.1) is 17.8 Å². The van der Waals surface area contributed by atoms with Crippen molar-refractivity contribution in [3.8, 4) is 0 Å². The smallest absolute Gasteiger partial charge is 0.308 e. The summed E-state index contributed by atoms with van der Waals surface area (Å²) in [5.74, 6) is -1.01. The van der Waals surface area contributed by atoms with E-state index in [4.69, 9.17) is 11.6 Å². The predicted molar refractivity (Wildman–Crippen MR) is 85.4 cm³/mol. The number of hydrogen-bond acceptors (Lipinski definition) is 3. The molecule has 23 heavy (non-hydrogen) atoms. The van der Waals surface area contributed by atoms with E-state index in [0.717, 1.165) is 25.7 Å². The van der Waals surface area contributed by atoms with Crippen LogP contribution in [0.2, 0.25) is 5.02 Å². The van der Waals surface area contributed by atoms with Gasteiger partial charge in [0.1, 0.15) is 5.69 Å². The number of carboxylic acids is 1. The molecule has 2 fully saturated rings. The van der Waals surface area contributed by atoms with Crippen LogP contribution in [0.5, 0.6) is 0 Å². The highest BCUT2D eigenvalue weighted by Gasteiger charge is 2.44. The van der Waals surface area contributed by atoms with Crippen molar-refractivity contribution < 1.29 is 14.7 Å². The van der Waals surface area contributed by atoms with E-state index in [1.807, 2.05) is 6.92 Å². The number of carbonyl (C=O) groups is 2. The Balaban J connectivity index is 1.82. The van der Waals surface area contributed by atoms with Gasteiger partial charge in [0.25, 0.3) is 5.91 Å². The van der Waals surface area contributed by atoms with E-state index in [1.165, 1.54) is 6.20 Å². The molecule has 2 aliphatic rings. The van der Waals surface area contributed by atoms with Crippen LogP contribution >= 0.6 is 11.6 Å². The molecule has 2 atom stereocenters. The Morgan fingerprint density at radius 3 is 2.65 bits per heavy atom. The van der Waals surface area contributed by atoms with Gasteiger partial charge in [-0.3, -0.25) is 14.3 Å². The van der Waals surface area contributed by atoms with Crippen molar-refractivity contribution in [2.45, 2.75) is 39.2 Å². The maximum absolute atomic E-state index is 12.8. The zero-order valence-electron chi connectivity index (χ0n) is 13.2. The first-order valence-corrected chi connectivity index (χ1v) is 8.64. The van der Waals surface area contributed by atoms with Gasteiger partial charge in [-0.15, -0.1) is 0 Å². The number of rotatable bonds is 4. The third-order valence-corrected chi connectivity index (χ3v) is 5.55. The molecule has 3 rings (SSSR count). The third-order valence-electron chi connectivity index (χ3n) is 5.27. The fraction of sp³-hybridized carbons (Fsp3) is 0.688. The molecule has 0 aromatic carbocycles. The van der Waals surface area contributed by atoms with Crippen molar-refractivity contribution >= 4 is 23.5 Å². The Morgan fingerprint density at radius 1 is 1.35 bits per heavy atom. The van der Waals surface area contributed by atoms with Crippen molar-refractivity contribution in [3.63, 3.8) is 0 Å². The topological polar surface area (TPSA) is 75.4 Å². The van der Waals surface area contributed by atoms with Gasteiger partial charge in [-0.2, -0.15) is 5.10 Å². The summed E-state index contributed by atoms with van der Waals surface area (Å²) < 4.78 is 1.57. The van der Waals surface area contributed by atoms with Gasteiger partial charge in [0.05, 0.1) is 17.1 Å². The van der Waals surface area contributed by atoms with Crippen molar-refractivity contribution in [2.75, 3.05) is 13.1 Å². The molecule has 1 aromatic heterocycles. The zero-order chi connectivity index (χ0) is 16.6. The summed E-state index contributed by atoms with van der Waals surface area (Å²) >= 11 is 6.11. The van der Waals surface area contributed by atoms with E-state index in [-0.39, 0.29) is 18.4 Å². The molecule has 126 valence electrons. The average molecular weight is 340 g/mol. The van der Waals surface area contributed by atoms with E-state index < -0.39 is 11.9 Å². The van der Waals surface area contributed by atoms with Crippen LogP contribution in [-0.4, -0.2) is 44.8 Å². The summed E-state index contributed by atoms with van der Waals surface area (Å²) in [6.07, 6.45) is 5.94. The summed E-state index contributed by atoms with van der Waals surface area (Å²) in [7, 11) is 0. The molecule has 1 saturated carbocycles. The van der Waals surface area contributed by atoms with E-state index >= 15 is 0 Å². The van der Waals surface area contributed by atoms with E-state index in [0.29, 0.717) is 29.7 Å². The maximum Gasteiger partial charge on any atom is 0.308 e. The van der Waals surface area contributed by atoms with Crippen LogP contribution in [0.15, 0.2) is 6.20 Å². The Hall–Kier alpha value is -1.56. The minimum atomic E-state index is -0.799. The minimum absolute atomic E-state index is 0.0516. The van der Waals surface area contributed by atoms with Gasteiger partial charge in [-0.25, -0.2) is 0 Å². The lowest BCUT2D eigenvalue weighted by Crippen LogP contribution is -2.32. The number of carboxylic acid groups (broad SMARTS) is 1. The number of hydrogen-bond donors (Lipinski definition) is 1. The molecule has 1 saturated heterocycles. The number of likely N-dealkylation sites (tertiary alicyclic amines) is 1. The van der Waals surface area contributed by atoms with Gasteiger partial charge >= 0.3 is 5.97 Å². The molecule has 0 unspecified atom stereocenters. The minimum Gasteiger partial charge on any atom is -0.481 e. The summed E-state index contributed by atoms with van der Waals surface area (Å²) in [6.45, 7) is 3.22. The average Bonchev–Trinajstić information content (AvgIpc) is 3.24. The fourth-order valence-corrected chi connectivity index (χ4v) is 4.31. The Morgan fingerprint density at radius 2 is 2.04 bits per heavy atom.